The molecule has 2 nitrogen and oxygen atoms in total. The second-order valence-electron chi connectivity index (χ2n) is 4.93. The summed E-state index contributed by atoms with van der Waals surface area (Å²) < 4.78 is 0. The summed E-state index contributed by atoms with van der Waals surface area (Å²) in [6, 6.07) is 20.6. The first-order chi connectivity index (χ1) is 10.3. The maximum atomic E-state index is 9.89. The first-order valence-electron chi connectivity index (χ1n) is 6.97. The fourth-order valence-corrected chi connectivity index (χ4v) is 2.51. The molecule has 0 atom stereocenters. The topological polar surface area (TPSA) is 23.5 Å². The lowest BCUT2D eigenvalue weighted by Crippen LogP contribution is -2.19. The number of aliphatic hydroxyl groups is 1. The average Bonchev–Trinajstić information content (AvgIpc) is 2.74. The zero-order valence-corrected chi connectivity index (χ0v) is 11.6. The molecule has 1 aliphatic heterocycles. The Morgan fingerprint density at radius 3 is 1.90 bits per heavy atom. The minimum atomic E-state index is 0.0331. The number of allylic oxidation sites excluding steroid dienone is 3. The number of nitrogens with zero attached hydrogens (tertiary/aromatic N) is 1. The van der Waals surface area contributed by atoms with Crippen LogP contribution in [0.15, 0.2) is 97.1 Å². The van der Waals surface area contributed by atoms with Gasteiger partial charge in [-0.25, -0.2) is 0 Å². The normalized spacial score (nSPS) is 14.1. The van der Waals surface area contributed by atoms with E-state index < -0.39 is 0 Å². The van der Waals surface area contributed by atoms with Crippen LogP contribution in [0.1, 0.15) is 17.2 Å². The Kier molecular flexibility index (Phi) is 3.88. The fraction of sp³-hybridized carbons (Fsp3) is 0.0526. The van der Waals surface area contributed by atoms with Crippen LogP contribution in [0.4, 0.5) is 0 Å². The maximum absolute atomic E-state index is 9.89. The molecule has 1 aliphatic rings. The lowest BCUT2D eigenvalue weighted by atomic mass is 9.97. The molecule has 0 spiro atoms. The molecule has 1 N–H and O–H groups in total. The highest BCUT2D eigenvalue weighted by molar-refractivity contribution is 5.34. The van der Waals surface area contributed by atoms with Crippen LogP contribution in [0.5, 0.6) is 0 Å². The van der Waals surface area contributed by atoms with Gasteiger partial charge < -0.3 is 10.0 Å². The molecule has 0 saturated carbocycles. The fourth-order valence-electron chi connectivity index (χ4n) is 2.51. The van der Waals surface area contributed by atoms with Crippen molar-refractivity contribution in [1.29, 1.82) is 0 Å². The van der Waals surface area contributed by atoms with Gasteiger partial charge in [0.1, 0.15) is 5.76 Å². The van der Waals surface area contributed by atoms with Crippen LogP contribution in [0.25, 0.3) is 0 Å². The van der Waals surface area contributed by atoms with Gasteiger partial charge >= 0.3 is 0 Å². The molecular formula is C19H17NO. The summed E-state index contributed by atoms with van der Waals surface area (Å²) in [6.45, 7) is 0. The highest BCUT2D eigenvalue weighted by atomic mass is 16.3. The van der Waals surface area contributed by atoms with Gasteiger partial charge in [-0.05, 0) is 23.3 Å². The second-order valence-corrected chi connectivity index (χ2v) is 4.93. The van der Waals surface area contributed by atoms with Crippen molar-refractivity contribution in [3.63, 3.8) is 0 Å². The Morgan fingerprint density at radius 2 is 1.33 bits per heavy atom. The number of rotatable bonds is 3. The summed E-state index contributed by atoms with van der Waals surface area (Å²) in [5.74, 6) is 0.247. The van der Waals surface area contributed by atoms with E-state index in [0.717, 1.165) is 0 Å². The predicted molar refractivity (Wildman–Crippen MR) is 85.6 cm³/mol. The molecule has 2 aromatic rings. The number of hydrogen-bond acceptors (Lipinski definition) is 2. The molecule has 3 rings (SSSR count). The van der Waals surface area contributed by atoms with Gasteiger partial charge in [-0.1, -0.05) is 66.7 Å². The SMILES string of the molecule is OC1=CN(C(c2ccccc2)c2ccccc2)C=CC=C1. The zero-order valence-electron chi connectivity index (χ0n) is 11.6. The van der Waals surface area contributed by atoms with Gasteiger partial charge in [0.05, 0.1) is 6.04 Å². The van der Waals surface area contributed by atoms with Crippen molar-refractivity contribution in [2.45, 2.75) is 6.04 Å². The van der Waals surface area contributed by atoms with Gasteiger partial charge in [-0.2, -0.15) is 0 Å². The van der Waals surface area contributed by atoms with Gasteiger partial charge in [-0.15, -0.1) is 0 Å². The lowest BCUT2D eigenvalue weighted by molar-refractivity contribution is 0.376. The third-order valence-corrected chi connectivity index (χ3v) is 3.45. The van der Waals surface area contributed by atoms with Crippen LogP contribution in [-0.4, -0.2) is 10.0 Å². The first kappa shape index (κ1) is 13.3. The van der Waals surface area contributed by atoms with E-state index in [1.165, 1.54) is 11.1 Å². The van der Waals surface area contributed by atoms with Gasteiger partial charge in [0, 0.05) is 12.4 Å². The van der Waals surface area contributed by atoms with Gasteiger partial charge in [0.2, 0.25) is 0 Å². The molecule has 104 valence electrons. The van der Waals surface area contributed by atoms with E-state index >= 15 is 0 Å². The molecule has 0 fully saturated rings. The summed E-state index contributed by atoms with van der Waals surface area (Å²) in [6.07, 6.45) is 9.18. The minimum Gasteiger partial charge on any atom is -0.506 e. The largest absolute Gasteiger partial charge is 0.506 e. The molecule has 0 saturated heterocycles. The molecule has 0 aliphatic carbocycles. The number of hydrogen-bond donors (Lipinski definition) is 1. The molecule has 2 heteroatoms. The van der Waals surface area contributed by atoms with Gasteiger partial charge in [-0.3, -0.25) is 0 Å². The van der Waals surface area contributed by atoms with Crippen LogP contribution in [0, 0.1) is 0 Å². The highest BCUT2D eigenvalue weighted by Crippen LogP contribution is 2.30. The standard InChI is InChI=1S/C19H17NO/c21-18-13-7-8-14-20(15-18)19(16-9-3-1-4-10-16)17-11-5-2-6-12-17/h1-15,19,21H. The third kappa shape index (κ3) is 3.06. The summed E-state index contributed by atoms with van der Waals surface area (Å²) in [5.41, 5.74) is 2.36. The molecule has 2 aromatic carbocycles. The Hall–Kier alpha value is -2.74. The van der Waals surface area contributed by atoms with E-state index in [-0.39, 0.29) is 11.8 Å². The predicted octanol–water partition coefficient (Wildman–Crippen LogP) is 4.56. The molecule has 0 amide bonds. The Bertz CT molecular complexity index is 632. The molecule has 0 radical (unpaired) electrons. The minimum absolute atomic E-state index is 0.0331. The van der Waals surface area contributed by atoms with Crippen molar-refractivity contribution < 1.29 is 5.11 Å². The lowest BCUT2D eigenvalue weighted by Gasteiger charge is -2.28. The molecular weight excluding hydrogens is 258 g/mol. The van der Waals surface area contributed by atoms with Gasteiger partial charge in [0.25, 0.3) is 0 Å². The Morgan fingerprint density at radius 1 is 0.762 bits per heavy atom. The molecule has 0 bridgehead atoms. The molecule has 0 aromatic heterocycles. The van der Waals surface area contributed by atoms with Crippen molar-refractivity contribution in [2.24, 2.45) is 0 Å². The summed E-state index contributed by atoms with van der Waals surface area (Å²) in [7, 11) is 0. The van der Waals surface area contributed by atoms with E-state index in [4.69, 9.17) is 0 Å². The average molecular weight is 275 g/mol. The molecule has 0 unspecified atom stereocenters. The van der Waals surface area contributed by atoms with E-state index in [1.807, 2.05) is 59.7 Å². The maximum Gasteiger partial charge on any atom is 0.131 e. The van der Waals surface area contributed by atoms with Gasteiger partial charge in [0.15, 0.2) is 0 Å². The van der Waals surface area contributed by atoms with Crippen LogP contribution in [0.2, 0.25) is 0 Å². The van der Waals surface area contributed by atoms with Crippen molar-refractivity contribution >= 4 is 0 Å². The van der Waals surface area contributed by atoms with Crippen LogP contribution in [0.3, 0.4) is 0 Å². The first-order valence-corrected chi connectivity index (χ1v) is 6.97. The van der Waals surface area contributed by atoms with E-state index in [1.54, 1.807) is 12.3 Å². The van der Waals surface area contributed by atoms with E-state index in [0.29, 0.717) is 0 Å². The van der Waals surface area contributed by atoms with E-state index in [2.05, 4.69) is 24.3 Å². The summed E-state index contributed by atoms with van der Waals surface area (Å²) >= 11 is 0. The molecule has 1 heterocycles. The third-order valence-electron chi connectivity index (χ3n) is 3.45. The highest BCUT2D eigenvalue weighted by Gasteiger charge is 2.19. The Balaban J connectivity index is 2.07. The number of aliphatic hydroxyl groups excluding tert-OH is 1. The zero-order chi connectivity index (χ0) is 14.5. The van der Waals surface area contributed by atoms with Crippen LogP contribution < -0.4 is 0 Å². The molecule has 21 heavy (non-hydrogen) atoms. The van der Waals surface area contributed by atoms with E-state index in [9.17, 15) is 5.11 Å². The van der Waals surface area contributed by atoms with Crippen molar-refractivity contribution in [3.05, 3.63) is 108 Å². The van der Waals surface area contributed by atoms with Crippen molar-refractivity contribution in [3.8, 4) is 0 Å². The Labute approximate surface area is 125 Å². The quantitative estimate of drug-likeness (QED) is 0.887. The monoisotopic (exact) mass is 275 g/mol. The van der Waals surface area contributed by atoms with Crippen molar-refractivity contribution in [1.82, 2.24) is 4.90 Å². The van der Waals surface area contributed by atoms with Crippen LogP contribution in [-0.2, 0) is 0 Å². The summed E-state index contributed by atoms with van der Waals surface area (Å²) in [5, 5.41) is 9.89. The number of benzene rings is 2. The second kappa shape index (κ2) is 6.14. The van der Waals surface area contributed by atoms with Crippen LogP contribution >= 0.6 is 0 Å². The van der Waals surface area contributed by atoms with Crippen molar-refractivity contribution in [2.75, 3.05) is 0 Å². The smallest absolute Gasteiger partial charge is 0.131 e. The summed E-state index contributed by atoms with van der Waals surface area (Å²) in [4.78, 5) is 2.03.